The Labute approximate surface area is 180 Å². The zero-order chi connectivity index (χ0) is 21.7. The van der Waals surface area contributed by atoms with E-state index in [9.17, 15) is 17.6 Å². The van der Waals surface area contributed by atoms with Crippen LogP contribution in [0.1, 0.15) is 12.5 Å². The number of hydrogen-bond acceptors (Lipinski definition) is 3. The Kier molecular flexibility index (Phi) is 6.74. The zero-order valence-electron chi connectivity index (χ0n) is 16.2. The average molecular weight is 447 g/mol. The number of rotatable bonds is 7. The van der Waals surface area contributed by atoms with E-state index in [0.717, 1.165) is 0 Å². The monoisotopic (exact) mass is 446 g/mol. The van der Waals surface area contributed by atoms with Crippen LogP contribution in [0.15, 0.2) is 77.7 Å². The minimum atomic E-state index is -3.97. The summed E-state index contributed by atoms with van der Waals surface area (Å²) in [4.78, 5) is 12.2. The molecule has 0 saturated heterocycles. The maximum Gasteiger partial charge on any atom is 0.265 e. The van der Waals surface area contributed by atoms with Gasteiger partial charge >= 0.3 is 0 Å². The molecule has 0 atom stereocenters. The van der Waals surface area contributed by atoms with E-state index < -0.39 is 21.7 Å². The van der Waals surface area contributed by atoms with Crippen LogP contribution in [0.25, 0.3) is 0 Å². The Balaban J connectivity index is 1.87. The summed E-state index contributed by atoms with van der Waals surface area (Å²) in [7, 11) is -3.97. The maximum absolute atomic E-state index is 13.8. The van der Waals surface area contributed by atoms with Crippen LogP contribution in [0.2, 0.25) is 5.02 Å². The van der Waals surface area contributed by atoms with E-state index in [-0.39, 0.29) is 34.1 Å². The van der Waals surface area contributed by atoms with Crippen molar-refractivity contribution in [2.75, 3.05) is 16.2 Å². The van der Waals surface area contributed by atoms with Gasteiger partial charge in [-0.2, -0.15) is 0 Å². The molecule has 30 heavy (non-hydrogen) atoms. The average Bonchev–Trinajstić information content (AvgIpc) is 2.72. The molecule has 5 nitrogen and oxygen atoms in total. The predicted octanol–water partition coefficient (Wildman–Crippen LogP) is 4.88. The number of nitrogens with one attached hydrogen (secondary N) is 1. The third-order valence-electron chi connectivity index (χ3n) is 4.42. The summed E-state index contributed by atoms with van der Waals surface area (Å²) >= 11 is 6.19. The van der Waals surface area contributed by atoms with Crippen molar-refractivity contribution in [1.82, 2.24) is 0 Å². The molecule has 8 heteroatoms. The van der Waals surface area contributed by atoms with E-state index in [1.807, 2.05) is 0 Å². The molecule has 0 aromatic heterocycles. The lowest BCUT2D eigenvalue weighted by molar-refractivity contribution is -0.115. The van der Waals surface area contributed by atoms with Gasteiger partial charge in [0.15, 0.2) is 0 Å². The summed E-state index contributed by atoms with van der Waals surface area (Å²) in [5.41, 5.74) is 1.01. The Morgan fingerprint density at radius 2 is 1.70 bits per heavy atom. The molecule has 156 valence electrons. The van der Waals surface area contributed by atoms with Gasteiger partial charge in [0.2, 0.25) is 5.91 Å². The van der Waals surface area contributed by atoms with E-state index >= 15 is 0 Å². The fourth-order valence-electron chi connectivity index (χ4n) is 3.00. The number of hydrogen-bond donors (Lipinski definition) is 1. The van der Waals surface area contributed by atoms with Gasteiger partial charge in [0.25, 0.3) is 10.0 Å². The number of carbonyl (C=O) groups excluding carboxylic acids is 1. The van der Waals surface area contributed by atoms with Gasteiger partial charge in [-0.1, -0.05) is 48.0 Å². The number of amides is 1. The smallest absolute Gasteiger partial charge is 0.265 e. The molecule has 3 rings (SSSR count). The molecule has 0 fully saturated rings. The van der Waals surface area contributed by atoms with Crippen LogP contribution in [-0.4, -0.2) is 20.9 Å². The first-order chi connectivity index (χ1) is 14.3. The minimum absolute atomic E-state index is 0.0384. The third-order valence-corrected chi connectivity index (χ3v) is 6.81. The first-order valence-electron chi connectivity index (χ1n) is 9.23. The number of anilines is 2. The summed E-state index contributed by atoms with van der Waals surface area (Å²) < 4.78 is 41.5. The second-order valence-corrected chi connectivity index (χ2v) is 8.70. The number of para-hydroxylation sites is 1. The SMILES string of the molecule is CCN(c1ccccc1)S(=O)(=O)c1cc(NC(=O)Cc2ccccc2F)ccc1Cl. The summed E-state index contributed by atoms with van der Waals surface area (Å²) in [6.45, 7) is 1.92. The highest BCUT2D eigenvalue weighted by atomic mass is 35.5. The highest BCUT2D eigenvalue weighted by Gasteiger charge is 2.26. The van der Waals surface area contributed by atoms with Gasteiger partial charge in [-0.15, -0.1) is 0 Å². The van der Waals surface area contributed by atoms with Gasteiger partial charge in [-0.25, -0.2) is 12.8 Å². The van der Waals surface area contributed by atoms with E-state index in [1.54, 1.807) is 49.4 Å². The molecule has 1 N–H and O–H groups in total. The van der Waals surface area contributed by atoms with Gasteiger partial charge in [0.05, 0.1) is 17.1 Å². The number of sulfonamides is 1. The zero-order valence-corrected chi connectivity index (χ0v) is 17.8. The van der Waals surface area contributed by atoms with Crippen LogP contribution < -0.4 is 9.62 Å². The van der Waals surface area contributed by atoms with Crippen molar-refractivity contribution in [2.24, 2.45) is 0 Å². The summed E-state index contributed by atoms with van der Waals surface area (Å²) in [5, 5.41) is 2.65. The lowest BCUT2D eigenvalue weighted by atomic mass is 10.1. The van der Waals surface area contributed by atoms with E-state index in [2.05, 4.69) is 5.32 Å². The first-order valence-corrected chi connectivity index (χ1v) is 11.1. The largest absolute Gasteiger partial charge is 0.326 e. The van der Waals surface area contributed by atoms with Crippen molar-refractivity contribution in [1.29, 1.82) is 0 Å². The van der Waals surface area contributed by atoms with E-state index in [0.29, 0.717) is 5.69 Å². The Bertz CT molecular complexity index is 1150. The Morgan fingerprint density at radius 3 is 2.37 bits per heavy atom. The number of nitrogens with zero attached hydrogens (tertiary/aromatic N) is 1. The molecule has 0 spiro atoms. The summed E-state index contributed by atoms with van der Waals surface area (Å²) in [6.07, 6.45) is -0.178. The highest BCUT2D eigenvalue weighted by molar-refractivity contribution is 7.93. The van der Waals surface area contributed by atoms with E-state index in [4.69, 9.17) is 11.6 Å². The molecule has 0 aliphatic carbocycles. The molecule has 0 bridgehead atoms. The highest BCUT2D eigenvalue weighted by Crippen LogP contribution is 2.30. The first kappa shape index (κ1) is 21.8. The molecule has 0 aliphatic rings. The molecule has 0 heterocycles. The molecular weight excluding hydrogens is 427 g/mol. The van der Waals surface area contributed by atoms with Crippen molar-refractivity contribution < 1.29 is 17.6 Å². The Hall–Kier alpha value is -2.90. The van der Waals surface area contributed by atoms with Crippen LogP contribution >= 0.6 is 11.6 Å². The lowest BCUT2D eigenvalue weighted by Gasteiger charge is -2.23. The Morgan fingerprint density at radius 1 is 1.03 bits per heavy atom. The van der Waals surface area contributed by atoms with Crippen molar-refractivity contribution in [3.05, 3.63) is 89.2 Å². The van der Waals surface area contributed by atoms with Crippen molar-refractivity contribution >= 4 is 38.9 Å². The van der Waals surface area contributed by atoms with Crippen LogP contribution in [0, 0.1) is 5.82 Å². The van der Waals surface area contributed by atoms with Crippen LogP contribution in [0.5, 0.6) is 0 Å². The topological polar surface area (TPSA) is 66.5 Å². The van der Waals surface area contributed by atoms with Crippen molar-refractivity contribution in [3.63, 3.8) is 0 Å². The quantitative estimate of drug-likeness (QED) is 0.562. The fraction of sp³-hybridized carbons (Fsp3) is 0.136. The maximum atomic E-state index is 13.8. The van der Waals surface area contributed by atoms with Gasteiger partial charge in [-0.3, -0.25) is 9.10 Å². The molecule has 0 unspecified atom stereocenters. The second-order valence-electron chi connectivity index (χ2n) is 6.47. The predicted molar refractivity (Wildman–Crippen MR) is 117 cm³/mol. The number of carbonyl (C=O) groups is 1. The van der Waals surface area contributed by atoms with Gasteiger partial charge in [0.1, 0.15) is 10.7 Å². The van der Waals surface area contributed by atoms with Crippen molar-refractivity contribution in [2.45, 2.75) is 18.2 Å². The lowest BCUT2D eigenvalue weighted by Crippen LogP contribution is -2.31. The minimum Gasteiger partial charge on any atom is -0.326 e. The molecule has 3 aromatic rings. The normalized spacial score (nSPS) is 11.2. The van der Waals surface area contributed by atoms with Crippen LogP contribution in [0.4, 0.5) is 15.8 Å². The van der Waals surface area contributed by atoms with Crippen LogP contribution in [-0.2, 0) is 21.2 Å². The molecule has 0 radical (unpaired) electrons. The second kappa shape index (κ2) is 9.28. The van der Waals surface area contributed by atoms with Crippen LogP contribution in [0.3, 0.4) is 0 Å². The van der Waals surface area contributed by atoms with Gasteiger partial charge < -0.3 is 5.32 Å². The molecule has 0 saturated carbocycles. The fourth-order valence-corrected chi connectivity index (χ4v) is 4.98. The summed E-state index contributed by atoms with van der Waals surface area (Å²) in [5.74, 6) is -0.949. The van der Waals surface area contributed by atoms with Gasteiger partial charge in [-0.05, 0) is 48.9 Å². The third kappa shape index (κ3) is 4.80. The molecule has 0 aliphatic heterocycles. The van der Waals surface area contributed by atoms with E-state index in [1.165, 1.54) is 34.6 Å². The number of benzene rings is 3. The molecular formula is C22H20ClFN2O3S. The standard InChI is InChI=1S/C22H20ClFN2O3S/c1-2-26(18-9-4-3-5-10-18)30(28,29)21-15-17(12-13-19(21)23)25-22(27)14-16-8-6-7-11-20(16)24/h3-13,15H,2,14H2,1H3,(H,25,27). The molecule has 3 aromatic carbocycles. The van der Waals surface area contributed by atoms with Crippen molar-refractivity contribution in [3.8, 4) is 0 Å². The number of halogens is 2. The molecule has 1 amide bonds. The van der Waals surface area contributed by atoms with Gasteiger partial charge in [0, 0.05) is 12.2 Å². The summed E-state index contributed by atoms with van der Waals surface area (Å²) in [6, 6.07) is 18.9.